The van der Waals surface area contributed by atoms with Gasteiger partial charge in [0.1, 0.15) is 5.75 Å². The van der Waals surface area contributed by atoms with Gasteiger partial charge in [0.15, 0.2) is 0 Å². The summed E-state index contributed by atoms with van der Waals surface area (Å²) in [5.74, 6) is 0.473. The summed E-state index contributed by atoms with van der Waals surface area (Å²) in [4.78, 5) is 9.95. The van der Waals surface area contributed by atoms with E-state index < -0.39 is 0 Å². The highest BCUT2D eigenvalue weighted by molar-refractivity contribution is 5.39. The van der Waals surface area contributed by atoms with E-state index in [1.54, 1.807) is 0 Å². The number of benzene rings is 1. The molecule has 0 radical (unpaired) electrons. The summed E-state index contributed by atoms with van der Waals surface area (Å²) in [6.45, 7) is 3.04. The first-order valence-electron chi connectivity index (χ1n) is 8.58. The maximum Gasteiger partial charge on any atom is 0.293 e. The van der Waals surface area contributed by atoms with Gasteiger partial charge in [0.05, 0.1) is 6.61 Å². The first-order valence-corrected chi connectivity index (χ1v) is 8.58. The van der Waals surface area contributed by atoms with Gasteiger partial charge < -0.3 is 9.84 Å². The Hall–Kier alpha value is -1.51. The molecule has 0 spiro atoms. The summed E-state index contributed by atoms with van der Waals surface area (Å²) in [5, 5.41) is 9.95. The van der Waals surface area contributed by atoms with Crippen molar-refractivity contribution in [2.45, 2.75) is 71.1 Å². The molecule has 22 heavy (non-hydrogen) atoms. The maximum absolute atomic E-state index is 9.95. The summed E-state index contributed by atoms with van der Waals surface area (Å²) in [5.41, 5.74) is 2.05. The van der Waals surface area contributed by atoms with Crippen molar-refractivity contribution >= 4 is 6.47 Å². The van der Waals surface area contributed by atoms with Gasteiger partial charge in [-0.2, -0.15) is 0 Å². The van der Waals surface area contributed by atoms with E-state index >= 15 is 0 Å². The smallest absolute Gasteiger partial charge is 0.293 e. The highest BCUT2D eigenvalue weighted by Gasteiger charge is 2.02. The van der Waals surface area contributed by atoms with Crippen LogP contribution in [0.15, 0.2) is 18.2 Å². The van der Waals surface area contributed by atoms with E-state index in [-0.39, 0.29) is 0 Å². The van der Waals surface area contributed by atoms with E-state index in [0.717, 1.165) is 36.8 Å². The largest absolute Gasteiger partial charge is 0.507 e. The van der Waals surface area contributed by atoms with Crippen molar-refractivity contribution < 1.29 is 14.6 Å². The van der Waals surface area contributed by atoms with Gasteiger partial charge in [-0.3, -0.25) is 4.79 Å². The van der Waals surface area contributed by atoms with Gasteiger partial charge in [-0.05, 0) is 37.3 Å². The van der Waals surface area contributed by atoms with E-state index in [2.05, 4.69) is 4.74 Å². The summed E-state index contributed by atoms with van der Waals surface area (Å²) in [7, 11) is 0. The van der Waals surface area contributed by atoms with Crippen LogP contribution in [0.1, 0.15) is 68.9 Å². The molecule has 0 fully saturated rings. The zero-order valence-electron chi connectivity index (χ0n) is 13.9. The summed E-state index contributed by atoms with van der Waals surface area (Å²) in [6.07, 6.45) is 11.9. The molecule has 0 amide bonds. The molecular formula is C19H30O3. The summed E-state index contributed by atoms with van der Waals surface area (Å²) in [6, 6.07) is 5.99. The first-order chi connectivity index (χ1) is 10.8. The van der Waals surface area contributed by atoms with Crippen molar-refractivity contribution in [3.8, 4) is 5.75 Å². The maximum atomic E-state index is 9.95. The number of aryl methyl sites for hydroxylation is 2. The monoisotopic (exact) mass is 306 g/mol. The molecule has 1 aromatic rings. The molecule has 3 heteroatoms. The lowest BCUT2D eigenvalue weighted by Crippen LogP contribution is -1.91. The number of phenolic OH excluding ortho intramolecular Hbond substituents is 1. The zero-order valence-corrected chi connectivity index (χ0v) is 13.9. The van der Waals surface area contributed by atoms with Crippen LogP contribution < -0.4 is 0 Å². The molecule has 0 aliphatic carbocycles. The Kier molecular flexibility index (Phi) is 10.2. The summed E-state index contributed by atoms with van der Waals surface area (Å²) >= 11 is 0. The van der Waals surface area contributed by atoms with Gasteiger partial charge in [0.2, 0.25) is 0 Å². The van der Waals surface area contributed by atoms with Crippen LogP contribution in [0.25, 0.3) is 0 Å². The highest BCUT2D eigenvalue weighted by Crippen LogP contribution is 2.23. The summed E-state index contributed by atoms with van der Waals surface area (Å²) < 4.78 is 4.66. The number of hydrogen-bond donors (Lipinski definition) is 1. The third-order valence-corrected chi connectivity index (χ3v) is 4.10. The molecule has 1 rings (SSSR count). The lowest BCUT2D eigenvalue weighted by molar-refractivity contribution is -0.128. The minimum atomic E-state index is 0.473. The normalized spacial score (nSPS) is 10.6. The molecule has 0 unspecified atom stereocenters. The van der Waals surface area contributed by atoms with Gasteiger partial charge in [-0.1, -0.05) is 63.1 Å². The van der Waals surface area contributed by atoms with Crippen LogP contribution in [0.2, 0.25) is 0 Å². The SMILES string of the molecule is Cc1cccc(CCCCCCCCCCCOC=O)c1O. The van der Waals surface area contributed by atoms with Gasteiger partial charge in [-0.25, -0.2) is 0 Å². The predicted octanol–water partition coefficient (Wildman–Crippen LogP) is 4.93. The van der Waals surface area contributed by atoms with E-state index in [1.807, 2.05) is 25.1 Å². The molecule has 3 nitrogen and oxygen atoms in total. The quantitative estimate of drug-likeness (QED) is 0.415. The predicted molar refractivity (Wildman–Crippen MR) is 90.1 cm³/mol. The van der Waals surface area contributed by atoms with Crippen molar-refractivity contribution in [3.63, 3.8) is 0 Å². The van der Waals surface area contributed by atoms with Crippen LogP contribution in [0.3, 0.4) is 0 Å². The average Bonchev–Trinajstić information content (AvgIpc) is 2.52. The molecule has 124 valence electrons. The Bertz CT molecular complexity index is 415. The van der Waals surface area contributed by atoms with Crippen molar-refractivity contribution in [2.24, 2.45) is 0 Å². The number of unbranched alkanes of at least 4 members (excludes halogenated alkanes) is 8. The molecule has 0 aliphatic rings. The lowest BCUT2D eigenvalue weighted by Gasteiger charge is -2.07. The minimum absolute atomic E-state index is 0.473. The molecule has 0 bridgehead atoms. The molecule has 0 saturated heterocycles. The van der Waals surface area contributed by atoms with Crippen molar-refractivity contribution in [1.82, 2.24) is 0 Å². The van der Waals surface area contributed by atoms with Crippen LogP contribution >= 0.6 is 0 Å². The highest BCUT2D eigenvalue weighted by atomic mass is 16.5. The number of para-hydroxylation sites is 1. The topological polar surface area (TPSA) is 46.5 Å². The van der Waals surface area contributed by atoms with Crippen LogP contribution in [-0.2, 0) is 16.0 Å². The van der Waals surface area contributed by atoms with E-state index in [9.17, 15) is 9.90 Å². The standard InChI is InChI=1S/C19H30O3/c1-17-12-11-14-18(19(17)21)13-9-7-5-3-2-4-6-8-10-15-22-16-20/h11-12,14,16,21H,2-10,13,15H2,1H3. The molecule has 0 aliphatic heterocycles. The molecule has 1 aromatic carbocycles. The van der Waals surface area contributed by atoms with Crippen LogP contribution in [0.5, 0.6) is 5.75 Å². The Morgan fingerprint density at radius 2 is 1.55 bits per heavy atom. The van der Waals surface area contributed by atoms with E-state index in [0.29, 0.717) is 18.8 Å². The number of carbonyl (C=O) groups is 1. The number of phenols is 1. The van der Waals surface area contributed by atoms with Crippen LogP contribution in [0, 0.1) is 6.92 Å². The molecule has 0 aromatic heterocycles. The van der Waals surface area contributed by atoms with Crippen LogP contribution in [0.4, 0.5) is 0 Å². The van der Waals surface area contributed by atoms with Crippen LogP contribution in [-0.4, -0.2) is 18.2 Å². The zero-order chi connectivity index (χ0) is 16.0. The number of aromatic hydroxyl groups is 1. The second kappa shape index (κ2) is 12.1. The number of hydrogen-bond acceptors (Lipinski definition) is 3. The molecule has 0 heterocycles. The number of carbonyl (C=O) groups excluding carboxylic acids is 1. The van der Waals surface area contributed by atoms with Gasteiger partial charge in [0, 0.05) is 0 Å². The fourth-order valence-corrected chi connectivity index (χ4v) is 2.71. The molecule has 0 saturated carbocycles. The molecule has 0 atom stereocenters. The van der Waals surface area contributed by atoms with E-state index in [1.165, 1.54) is 38.5 Å². The molecule has 1 N–H and O–H groups in total. The first kappa shape index (κ1) is 18.5. The Balaban J connectivity index is 1.91. The second-order valence-corrected chi connectivity index (χ2v) is 5.98. The lowest BCUT2D eigenvalue weighted by atomic mass is 10.0. The average molecular weight is 306 g/mol. The van der Waals surface area contributed by atoms with Gasteiger partial charge in [-0.15, -0.1) is 0 Å². The van der Waals surface area contributed by atoms with Crippen molar-refractivity contribution in [1.29, 1.82) is 0 Å². The second-order valence-electron chi connectivity index (χ2n) is 5.98. The van der Waals surface area contributed by atoms with Gasteiger partial charge >= 0.3 is 0 Å². The fraction of sp³-hybridized carbons (Fsp3) is 0.632. The Labute approximate surface area is 134 Å². The Morgan fingerprint density at radius 1 is 0.955 bits per heavy atom. The van der Waals surface area contributed by atoms with Gasteiger partial charge in [0.25, 0.3) is 6.47 Å². The fourth-order valence-electron chi connectivity index (χ4n) is 2.71. The minimum Gasteiger partial charge on any atom is -0.507 e. The van der Waals surface area contributed by atoms with Crippen molar-refractivity contribution in [3.05, 3.63) is 29.3 Å². The molecular weight excluding hydrogens is 276 g/mol. The van der Waals surface area contributed by atoms with Crippen molar-refractivity contribution in [2.75, 3.05) is 6.61 Å². The van der Waals surface area contributed by atoms with E-state index in [4.69, 9.17) is 0 Å². The number of rotatable bonds is 13. The third kappa shape index (κ3) is 8.06. The number of ether oxygens (including phenoxy) is 1. The Morgan fingerprint density at radius 3 is 2.18 bits per heavy atom. The third-order valence-electron chi connectivity index (χ3n) is 4.10.